The number of hydrogen-bond acceptors (Lipinski definition) is 6. The molecule has 220 valence electrons. The summed E-state index contributed by atoms with van der Waals surface area (Å²) in [5.74, 6) is 0.694. The van der Waals surface area contributed by atoms with E-state index in [2.05, 4.69) is 41.5 Å². The Hall–Kier alpha value is 0.774. The molecule has 0 aromatic heterocycles. The predicted octanol–water partition coefficient (Wildman–Crippen LogP) is 8.38. The maximum Gasteiger partial charge on any atom is 0.516 e. The lowest BCUT2D eigenvalue weighted by atomic mass is 10.4. The minimum absolute atomic E-state index is 0.351. The van der Waals surface area contributed by atoms with Gasteiger partial charge in [0.25, 0.3) is 0 Å². The lowest BCUT2D eigenvalue weighted by Gasteiger charge is -2.29. The monoisotopic (exact) mass is 592 g/mol. The lowest BCUT2D eigenvalue weighted by Crippen LogP contribution is -2.49. The molecule has 0 fully saturated rings. The van der Waals surface area contributed by atoms with Crippen LogP contribution in [-0.2, 0) is 26.6 Å². The molecular weight excluding hydrogens is 535 g/mol. The van der Waals surface area contributed by atoms with Crippen molar-refractivity contribution in [3.8, 4) is 0 Å². The third-order valence-corrected chi connectivity index (χ3v) is 11.5. The Morgan fingerprint density at radius 2 is 0.778 bits per heavy atom. The van der Waals surface area contributed by atoms with Crippen LogP contribution in [0, 0.1) is 0 Å². The van der Waals surface area contributed by atoms with Crippen molar-refractivity contribution in [2.75, 3.05) is 51.0 Å². The second kappa shape index (κ2) is 28.8. The molecule has 0 amide bonds. The van der Waals surface area contributed by atoms with E-state index in [1.165, 1.54) is 0 Å². The second-order valence-electron chi connectivity index (χ2n) is 8.80. The zero-order chi connectivity index (χ0) is 27.4. The first-order chi connectivity index (χ1) is 17.5. The summed E-state index contributed by atoms with van der Waals surface area (Å²) in [6.07, 6.45) is 11.4. The smallest absolute Gasteiger partial charge is 0.373 e. The van der Waals surface area contributed by atoms with Gasteiger partial charge in [-0.05, 0) is 51.4 Å². The predicted molar refractivity (Wildman–Crippen MR) is 158 cm³/mol. The third kappa shape index (κ3) is 21.7. The Morgan fingerprint density at radius 3 is 1.06 bits per heavy atom. The Morgan fingerprint density at radius 1 is 0.417 bits per heavy atom. The van der Waals surface area contributed by atoms with E-state index in [1.807, 2.05) is 0 Å². The van der Waals surface area contributed by atoms with Crippen LogP contribution in [0.4, 0.5) is 0 Å². The van der Waals surface area contributed by atoms with E-state index in [0.29, 0.717) is 31.2 Å². The lowest BCUT2D eigenvalue weighted by molar-refractivity contribution is 0.0586. The number of hydrogen-bond donors (Lipinski definition) is 0. The molecule has 0 aliphatic heterocycles. The first-order valence-corrected chi connectivity index (χ1v) is 19.4. The van der Waals surface area contributed by atoms with Gasteiger partial charge in [-0.1, -0.05) is 60.8 Å². The highest BCUT2D eigenvalue weighted by Crippen LogP contribution is 2.21. The Balaban J connectivity index is 0. The largest absolute Gasteiger partial charge is 0.516 e. The van der Waals surface area contributed by atoms with Gasteiger partial charge in [-0.15, -0.1) is 23.2 Å². The van der Waals surface area contributed by atoms with Crippen LogP contribution < -0.4 is 0 Å². The van der Waals surface area contributed by atoms with Gasteiger partial charge in [0.05, 0.1) is 5.50 Å². The van der Waals surface area contributed by atoms with Gasteiger partial charge in [0.2, 0.25) is 0 Å². The quantitative estimate of drug-likeness (QED) is 0.0571. The van der Waals surface area contributed by atoms with Crippen molar-refractivity contribution in [2.24, 2.45) is 0 Å². The van der Waals surface area contributed by atoms with Gasteiger partial charge < -0.3 is 26.6 Å². The van der Waals surface area contributed by atoms with Crippen LogP contribution in [0.1, 0.15) is 112 Å². The maximum absolute atomic E-state index is 6.05. The first-order valence-electron chi connectivity index (χ1n) is 14.4. The fourth-order valence-corrected chi connectivity index (χ4v) is 8.55. The summed E-state index contributed by atoms with van der Waals surface area (Å²) in [7, 11) is -5.07. The zero-order valence-corrected chi connectivity index (χ0v) is 27.9. The first kappa shape index (κ1) is 38.9. The topological polar surface area (TPSA) is 55.4 Å². The molecule has 0 unspecified atom stereocenters. The van der Waals surface area contributed by atoms with Gasteiger partial charge in [0, 0.05) is 51.6 Å². The van der Waals surface area contributed by atoms with Crippen LogP contribution in [0.2, 0.25) is 6.04 Å². The molecule has 10 heteroatoms. The molecule has 0 saturated heterocycles. The SMILES string of the molecule is CCCCO[Si](CCl)(OCCCC)OCCCC.CCCO[Si](CCCCCl)(OCCC)OCCC. The molecule has 0 radical (unpaired) electrons. The minimum Gasteiger partial charge on any atom is -0.373 e. The van der Waals surface area contributed by atoms with E-state index in [4.69, 9.17) is 49.8 Å². The molecule has 0 bridgehead atoms. The highest BCUT2D eigenvalue weighted by molar-refractivity contribution is 6.69. The molecule has 0 aromatic carbocycles. The fourth-order valence-electron chi connectivity index (χ4n) is 2.91. The zero-order valence-electron chi connectivity index (χ0n) is 24.3. The highest BCUT2D eigenvalue weighted by atomic mass is 35.5. The van der Waals surface area contributed by atoms with Gasteiger partial charge in [-0.25, -0.2) is 0 Å². The highest BCUT2D eigenvalue weighted by Gasteiger charge is 2.41. The van der Waals surface area contributed by atoms with Gasteiger partial charge in [0.1, 0.15) is 0 Å². The summed E-state index contributed by atoms with van der Waals surface area (Å²) < 4.78 is 35.6. The van der Waals surface area contributed by atoms with Gasteiger partial charge in [-0.2, -0.15) is 0 Å². The third-order valence-electron chi connectivity index (χ3n) is 5.07. The van der Waals surface area contributed by atoms with Crippen LogP contribution in [0.25, 0.3) is 0 Å². The fraction of sp³-hybridized carbons (Fsp3) is 1.00. The van der Waals surface area contributed by atoms with Crippen LogP contribution >= 0.6 is 23.2 Å². The molecule has 0 aliphatic rings. The van der Waals surface area contributed by atoms with Crippen LogP contribution in [0.3, 0.4) is 0 Å². The number of rotatable bonds is 26. The minimum atomic E-state index is -2.62. The average Bonchev–Trinajstić information content (AvgIpc) is 2.90. The number of alkyl halides is 2. The maximum atomic E-state index is 6.05. The van der Waals surface area contributed by atoms with Crippen LogP contribution in [-0.4, -0.2) is 68.6 Å². The van der Waals surface area contributed by atoms with Crippen molar-refractivity contribution in [1.29, 1.82) is 0 Å². The van der Waals surface area contributed by atoms with E-state index in [9.17, 15) is 0 Å². The molecule has 0 aliphatic carbocycles. The Kier molecular flexibility index (Phi) is 31.1. The van der Waals surface area contributed by atoms with Crippen molar-refractivity contribution in [2.45, 2.75) is 118 Å². The summed E-state index contributed by atoms with van der Waals surface area (Å²) in [6, 6.07) is 0.889. The molecule has 0 saturated carbocycles. The number of halogens is 2. The van der Waals surface area contributed by atoms with Crippen molar-refractivity contribution >= 4 is 40.8 Å². The van der Waals surface area contributed by atoms with E-state index < -0.39 is 17.6 Å². The Bertz CT molecular complexity index is 391. The summed E-state index contributed by atoms with van der Waals surface area (Å²) in [5.41, 5.74) is 0.351. The summed E-state index contributed by atoms with van der Waals surface area (Å²) in [6.45, 7) is 17.0. The number of unbranched alkanes of at least 4 members (excludes halogenated alkanes) is 4. The molecule has 0 heterocycles. The molecule has 0 N–H and O–H groups in total. The molecule has 36 heavy (non-hydrogen) atoms. The van der Waals surface area contributed by atoms with Gasteiger partial charge in [-0.3, -0.25) is 0 Å². The Labute approximate surface area is 236 Å². The van der Waals surface area contributed by atoms with Crippen molar-refractivity contribution < 1.29 is 26.6 Å². The second-order valence-corrected chi connectivity index (χ2v) is 15.2. The molecule has 0 atom stereocenters. The van der Waals surface area contributed by atoms with E-state index >= 15 is 0 Å². The molecule has 0 aromatic rings. The molecule has 0 spiro atoms. The van der Waals surface area contributed by atoms with Crippen molar-refractivity contribution in [3.05, 3.63) is 0 Å². The van der Waals surface area contributed by atoms with Crippen molar-refractivity contribution in [3.63, 3.8) is 0 Å². The van der Waals surface area contributed by atoms with Crippen LogP contribution in [0.5, 0.6) is 0 Å². The van der Waals surface area contributed by atoms with Crippen LogP contribution in [0.15, 0.2) is 0 Å². The molecular formula is C26H58Cl2O6Si2. The summed E-state index contributed by atoms with van der Waals surface area (Å²) >= 11 is 11.8. The summed E-state index contributed by atoms with van der Waals surface area (Å²) in [4.78, 5) is 0. The normalized spacial score (nSPS) is 12.0. The van der Waals surface area contributed by atoms with Gasteiger partial charge >= 0.3 is 17.6 Å². The molecule has 0 rings (SSSR count). The molecule has 6 nitrogen and oxygen atoms in total. The average molecular weight is 594 g/mol. The van der Waals surface area contributed by atoms with E-state index in [-0.39, 0.29) is 0 Å². The standard InChI is InChI=1S/2C13H29ClO3Si/c1-4-10-15-18(16-11-5-2,17-12-6-3)13-8-7-9-14;1-4-7-10-15-18(13-14,16-11-8-5-2)17-12-9-6-3/h2*4-13H2,1-3H3. The van der Waals surface area contributed by atoms with E-state index in [1.54, 1.807) is 0 Å². The van der Waals surface area contributed by atoms with E-state index in [0.717, 1.165) is 96.5 Å². The van der Waals surface area contributed by atoms with Crippen molar-refractivity contribution in [1.82, 2.24) is 0 Å². The van der Waals surface area contributed by atoms with Gasteiger partial charge in [0.15, 0.2) is 0 Å². The summed E-state index contributed by atoms with van der Waals surface area (Å²) in [5, 5.41) is 0.